The fraction of sp³-hybridized carbons (Fsp3) is 0. The van der Waals surface area contributed by atoms with Crippen LogP contribution in [0.2, 0.25) is 0 Å². The molecule has 2 heterocycles. The molecule has 36 heavy (non-hydrogen) atoms. The summed E-state index contributed by atoms with van der Waals surface area (Å²) in [4.78, 5) is 0. The number of thiophene rings is 2. The topological polar surface area (TPSA) is 48.8 Å². The highest BCUT2D eigenvalue weighted by Gasteiger charge is 2.19. The van der Waals surface area contributed by atoms with E-state index in [0.717, 1.165) is 75.8 Å². The normalized spacial score (nSPS) is 13.1. The monoisotopic (exact) mass is 510 g/mol. The molecular weight excluding hydrogens is 494 g/mol. The first-order chi connectivity index (χ1) is 17.7. The third-order valence-electron chi connectivity index (χ3n) is 6.21. The van der Waals surface area contributed by atoms with Crippen molar-refractivity contribution in [2.45, 2.75) is 0 Å². The van der Waals surface area contributed by atoms with Gasteiger partial charge in [0.2, 0.25) is 0 Å². The lowest BCUT2D eigenvalue weighted by atomic mass is 10.1. The Morgan fingerprint density at radius 1 is 0.500 bits per heavy atom. The number of para-hydroxylation sites is 2. The second kappa shape index (κ2) is 8.22. The number of fused-ring (bicyclic) bond motifs is 6. The Labute approximate surface area is 211 Å². The molecule has 0 amide bonds. The fourth-order valence-electron chi connectivity index (χ4n) is 4.64. The van der Waals surface area contributed by atoms with Crippen LogP contribution in [0.3, 0.4) is 0 Å². The molecule has 0 spiro atoms. The second-order valence-electron chi connectivity index (χ2n) is 8.41. The van der Waals surface area contributed by atoms with Crippen molar-refractivity contribution in [3.63, 3.8) is 0 Å². The summed E-state index contributed by atoms with van der Waals surface area (Å²) in [6.45, 7) is 0. The first-order valence-corrected chi connectivity index (χ1v) is 12.9. The number of hydrogen-bond donors (Lipinski definition) is 2. The molecule has 0 radical (unpaired) electrons. The van der Waals surface area contributed by atoms with Crippen LogP contribution >= 0.6 is 22.7 Å². The largest absolute Gasteiger partial charge is 0.278 e. The highest BCUT2D eigenvalue weighted by Crippen LogP contribution is 2.37. The minimum absolute atomic E-state index is 0.264. The van der Waals surface area contributed by atoms with E-state index in [0.29, 0.717) is 10.7 Å². The van der Waals surface area contributed by atoms with Gasteiger partial charge in [-0.1, -0.05) is 36.4 Å². The lowest BCUT2D eigenvalue weighted by Gasteiger charge is -2.00. The maximum atomic E-state index is 14.4. The van der Waals surface area contributed by atoms with Crippen LogP contribution in [0.4, 0.5) is 20.2 Å². The second-order valence-corrected chi connectivity index (χ2v) is 10.4. The number of nitrogens with zero attached hydrogens (tertiary/aromatic N) is 2. The average molecular weight is 511 g/mol. The number of anilines is 2. The standard InChI is InChI=1S/C28H16F2N4S2/c29-23-13-21-25(33-31-15-7-3-1-4-8-15)17-11-20-18(12-19(17)27(21)35-23)26(22-14-24(30)36-28(20)22)34-32-16-9-5-2-6-10-16/h1-14,31-32H. The zero-order valence-electron chi connectivity index (χ0n) is 18.5. The molecule has 0 bridgehead atoms. The molecule has 5 aromatic carbocycles. The summed E-state index contributed by atoms with van der Waals surface area (Å²) in [7, 11) is 0. The molecule has 4 nitrogen and oxygen atoms in total. The molecule has 7 rings (SSSR count). The highest BCUT2D eigenvalue weighted by atomic mass is 32.1. The molecule has 0 aliphatic rings. The Hall–Kier alpha value is -4.14. The Kier molecular flexibility index (Phi) is 4.83. The molecule has 2 N–H and O–H groups in total. The van der Waals surface area contributed by atoms with Gasteiger partial charge in [0.1, 0.15) is 10.7 Å². The lowest BCUT2D eigenvalue weighted by molar-refractivity contribution is 0.658. The smallest absolute Gasteiger partial charge is 0.177 e. The molecule has 0 aliphatic heterocycles. The summed E-state index contributed by atoms with van der Waals surface area (Å²) in [5, 5.41) is 15.2. The Morgan fingerprint density at radius 2 is 0.917 bits per heavy atom. The van der Waals surface area contributed by atoms with Crippen molar-refractivity contribution in [1.82, 2.24) is 0 Å². The number of benzene rings is 3. The Bertz CT molecular complexity index is 1870. The molecule has 174 valence electrons. The van der Waals surface area contributed by atoms with Gasteiger partial charge in [-0.25, -0.2) is 0 Å². The average Bonchev–Trinajstić information content (AvgIpc) is 3.60. The van der Waals surface area contributed by atoms with Crippen molar-refractivity contribution in [2.75, 3.05) is 10.9 Å². The van der Waals surface area contributed by atoms with Crippen LogP contribution in [0.1, 0.15) is 0 Å². The summed E-state index contributed by atoms with van der Waals surface area (Å²) in [6, 6.07) is 26.3. The summed E-state index contributed by atoms with van der Waals surface area (Å²) in [5.41, 5.74) is 7.86. The van der Waals surface area contributed by atoms with E-state index in [2.05, 4.69) is 21.1 Å². The number of nitrogens with one attached hydrogen (secondary N) is 2. The van der Waals surface area contributed by atoms with Crippen molar-refractivity contribution < 1.29 is 8.78 Å². The van der Waals surface area contributed by atoms with E-state index in [1.165, 1.54) is 12.1 Å². The molecule has 0 saturated heterocycles. The van der Waals surface area contributed by atoms with Crippen LogP contribution in [0, 0.1) is 10.3 Å². The zero-order valence-corrected chi connectivity index (χ0v) is 20.2. The molecule has 0 fully saturated rings. The van der Waals surface area contributed by atoms with Gasteiger partial charge >= 0.3 is 0 Å². The zero-order chi connectivity index (χ0) is 24.2. The van der Waals surface area contributed by atoms with Gasteiger partial charge in [-0.15, -0.1) is 22.7 Å². The van der Waals surface area contributed by atoms with E-state index in [1.54, 1.807) is 0 Å². The summed E-state index contributed by atoms with van der Waals surface area (Å²) < 4.78 is 30.4. The molecule has 7 aromatic rings. The molecule has 0 saturated carbocycles. The van der Waals surface area contributed by atoms with Gasteiger partial charge in [-0.2, -0.15) is 19.0 Å². The van der Waals surface area contributed by atoms with Crippen molar-refractivity contribution in [1.29, 1.82) is 0 Å². The van der Waals surface area contributed by atoms with E-state index >= 15 is 0 Å². The van der Waals surface area contributed by atoms with Gasteiger partial charge in [0.15, 0.2) is 10.3 Å². The van der Waals surface area contributed by atoms with E-state index in [4.69, 9.17) is 0 Å². The van der Waals surface area contributed by atoms with Crippen molar-refractivity contribution >= 4 is 75.8 Å². The SMILES string of the molecule is Fc1cc2c(=NNc3ccccc3)c3cc4c(cc3c2s1)c(=NNc1ccccc1)c1cc(F)sc14. The number of halogens is 2. The van der Waals surface area contributed by atoms with Crippen molar-refractivity contribution in [3.05, 3.63) is 106 Å². The quantitative estimate of drug-likeness (QED) is 0.242. The van der Waals surface area contributed by atoms with Crippen LogP contribution in [0.25, 0.3) is 41.7 Å². The molecule has 2 aromatic heterocycles. The van der Waals surface area contributed by atoms with Crippen LogP contribution in [0.15, 0.2) is 95.1 Å². The van der Waals surface area contributed by atoms with Gasteiger partial charge in [0.05, 0.1) is 11.4 Å². The van der Waals surface area contributed by atoms with Crippen LogP contribution in [0.5, 0.6) is 0 Å². The van der Waals surface area contributed by atoms with Crippen molar-refractivity contribution in [3.8, 4) is 0 Å². The van der Waals surface area contributed by atoms with Gasteiger partial charge < -0.3 is 0 Å². The van der Waals surface area contributed by atoms with E-state index in [9.17, 15) is 8.78 Å². The fourth-order valence-corrected chi connectivity index (χ4v) is 6.47. The minimum Gasteiger partial charge on any atom is -0.278 e. The molecule has 8 heteroatoms. The third kappa shape index (κ3) is 3.37. The molecular formula is C28H16F2N4S2. The van der Waals surface area contributed by atoms with Crippen LogP contribution in [-0.4, -0.2) is 0 Å². The predicted octanol–water partition coefficient (Wildman–Crippen LogP) is 7.43. The number of hydrogen-bond acceptors (Lipinski definition) is 6. The number of rotatable bonds is 4. The first-order valence-electron chi connectivity index (χ1n) is 11.2. The molecule has 0 unspecified atom stereocenters. The maximum absolute atomic E-state index is 14.4. The highest BCUT2D eigenvalue weighted by molar-refractivity contribution is 7.19. The van der Waals surface area contributed by atoms with Gasteiger partial charge in [-0.05, 0) is 48.5 Å². The summed E-state index contributed by atoms with van der Waals surface area (Å²) >= 11 is 2.20. The molecule has 0 aliphatic carbocycles. The first kappa shape index (κ1) is 21.2. The lowest BCUT2D eigenvalue weighted by Crippen LogP contribution is -2.05. The minimum atomic E-state index is -0.264. The van der Waals surface area contributed by atoms with Crippen LogP contribution < -0.4 is 21.6 Å². The Morgan fingerprint density at radius 3 is 1.33 bits per heavy atom. The third-order valence-corrected chi connectivity index (χ3v) is 8.13. The van der Waals surface area contributed by atoms with Crippen LogP contribution in [-0.2, 0) is 0 Å². The van der Waals surface area contributed by atoms with Gasteiger partial charge in [0, 0.05) is 41.7 Å². The Balaban J connectivity index is 1.52. The van der Waals surface area contributed by atoms with Crippen molar-refractivity contribution in [2.24, 2.45) is 10.2 Å². The predicted molar refractivity (Wildman–Crippen MR) is 146 cm³/mol. The van der Waals surface area contributed by atoms with E-state index < -0.39 is 0 Å². The van der Waals surface area contributed by atoms with Gasteiger partial charge in [0.25, 0.3) is 0 Å². The van der Waals surface area contributed by atoms with E-state index in [1.807, 2.05) is 72.8 Å². The molecule has 0 atom stereocenters. The summed E-state index contributed by atoms with van der Waals surface area (Å²) in [6.07, 6.45) is 0. The maximum Gasteiger partial charge on any atom is 0.177 e. The van der Waals surface area contributed by atoms with Gasteiger partial charge in [-0.3, -0.25) is 10.9 Å². The van der Waals surface area contributed by atoms with E-state index in [-0.39, 0.29) is 10.3 Å². The summed E-state index contributed by atoms with van der Waals surface area (Å²) in [5.74, 6) is 0.